The molecule has 139 heavy (non-hydrogen) atoms. The molecule has 1 aromatic heterocycles. The number of ether oxygens (including phenoxy) is 14. The largest absolute Gasteiger partial charge is 0.481 e. The molecule has 0 radical (unpaired) electrons. The van der Waals surface area contributed by atoms with Crippen molar-refractivity contribution >= 4 is 92.8 Å². The zero-order valence-corrected chi connectivity index (χ0v) is 87.4. The molecular formula is C96H167N9O32S2. The molecule has 3 rings (SSSR count). The number of aromatic nitrogens is 1. The van der Waals surface area contributed by atoms with Gasteiger partial charge in [-0.05, 0) is 131 Å². The van der Waals surface area contributed by atoms with Crippen molar-refractivity contribution in [2.24, 2.45) is 23.7 Å². The number of methoxy groups -OCH3 is 6. The highest BCUT2D eigenvalue weighted by Crippen LogP contribution is 2.32. The summed E-state index contributed by atoms with van der Waals surface area (Å²) in [6.07, 6.45) is 1.79. The zero-order chi connectivity index (χ0) is 105. The second-order valence-electron chi connectivity index (χ2n) is 34.0. The lowest BCUT2D eigenvalue weighted by molar-refractivity contribution is -0.194. The molecule has 0 spiro atoms. The van der Waals surface area contributed by atoms with Crippen LogP contribution in [-0.2, 0) is 130 Å². The molecule has 2 aromatic rings. The first-order chi connectivity index (χ1) is 66.3. The molecule has 2 heterocycles. The van der Waals surface area contributed by atoms with Crippen LogP contribution in [0.3, 0.4) is 0 Å². The molecule has 1 aliphatic rings. The van der Waals surface area contributed by atoms with Crippen molar-refractivity contribution in [2.45, 2.75) is 308 Å². The van der Waals surface area contributed by atoms with Gasteiger partial charge in [0.05, 0.1) is 107 Å². The number of pyridine rings is 1. The summed E-state index contributed by atoms with van der Waals surface area (Å²) in [6.45, 7) is 22.4. The minimum atomic E-state index is -1.000. The number of aliphatic carboxylic acids is 1. The van der Waals surface area contributed by atoms with Crippen molar-refractivity contribution in [1.29, 1.82) is 0 Å². The second kappa shape index (κ2) is 78.6. The summed E-state index contributed by atoms with van der Waals surface area (Å²) < 4.78 is 74.0. The number of carbonyl (C=O) groups excluding carboxylic acids is 11. The van der Waals surface area contributed by atoms with Crippen LogP contribution in [0.15, 0.2) is 59.8 Å². The van der Waals surface area contributed by atoms with Crippen LogP contribution in [0.25, 0.3) is 0 Å². The number of esters is 4. The van der Waals surface area contributed by atoms with E-state index in [1.807, 2.05) is 137 Å². The maximum Gasteiger partial charge on any atom is 0.328 e. The lowest BCUT2D eigenvalue weighted by Gasteiger charge is -2.41. The monoisotopic (exact) mass is 2020 g/mol. The minimum absolute atomic E-state index is 0.00492. The smallest absolute Gasteiger partial charge is 0.328 e. The Hall–Kier alpha value is -7.93. The van der Waals surface area contributed by atoms with Crippen LogP contribution in [0, 0.1) is 23.7 Å². The first-order valence-electron chi connectivity index (χ1n) is 47.9. The molecule has 1 saturated heterocycles. The van der Waals surface area contributed by atoms with E-state index in [-0.39, 0.29) is 196 Å². The summed E-state index contributed by atoms with van der Waals surface area (Å²) in [5, 5.41) is 68.3. The van der Waals surface area contributed by atoms with Crippen molar-refractivity contribution in [3.05, 3.63) is 60.3 Å². The molecule has 1 aromatic carbocycles. The quantitative estimate of drug-likeness (QED) is 0.0117. The number of likely N-dealkylation sites (N-methyl/N-ethyl adjacent to an activating group) is 2. The highest BCUT2D eigenvalue weighted by molar-refractivity contribution is 8.76. The lowest BCUT2D eigenvalue weighted by Crippen LogP contribution is -2.59. The summed E-state index contributed by atoms with van der Waals surface area (Å²) in [4.78, 5) is 163. The van der Waals surface area contributed by atoms with Gasteiger partial charge in [0.1, 0.15) is 43.0 Å². The van der Waals surface area contributed by atoms with Gasteiger partial charge in [0.25, 0.3) is 0 Å². The lowest BCUT2D eigenvalue weighted by atomic mass is 9.89. The molecule has 8 unspecified atom stereocenters. The van der Waals surface area contributed by atoms with E-state index >= 15 is 0 Å². The number of carbonyl (C=O) groups is 12. The van der Waals surface area contributed by atoms with Gasteiger partial charge in [-0.1, -0.05) is 130 Å². The number of nitrogens with zero attached hydrogens (tertiary/aromatic N) is 4. The Morgan fingerprint density at radius 1 is 0.518 bits per heavy atom. The number of aliphatic hydroxyl groups is 5. The highest BCUT2D eigenvalue weighted by atomic mass is 33.1. The number of hydrogen-bond donors (Lipinski definition) is 11. The van der Waals surface area contributed by atoms with Crippen molar-refractivity contribution in [2.75, 3.05) is 149 Å². The van der Waals surface area contributed by atoms with Gasteiger partial charge >= 0.3 is 29.8 Å². The molecule has 18 atom stereocenters. The molecule has 0 aliphatic carbocycles. The fourth-order valence-electron chi connectivity index (χ4n) is 14.1. The number of rotatable bonds is 71. The number of hydrogen-bond acceptors (Lipinski definition) is 35. The Morgan fingerprint density at radius 2 is 1.01 bits per heavy atom. The molecule has 800 valence electrons. The number of aliphatic hydroxyl groups excluding tert-OH is 5. The average molecular weight is 2020 g/mol. The number of carboxylic acid groups (broad SMARTS) is 1. The van der Waals surface area contributed by atoms with Crippen LogP contribution in [0.4, 0.5) is 0 Å². The zero-order valence-electron chi connectivity index (χ0n) is 85.8. The van der Waals surface area contributed by atoms with Gasteiger partial charge in [0.2, 0.25) is 41.4 Å². The number of nitrogens with one attached hydrogen (secondary N) is 5. The highest BCUT2D eigenvalue weighted by Gasteiger charge is 2.44. The summed E-state index contributed by atoms with van der Waals surface area (Å²) in [6, 6.07) is 10.7. The van der Waals surface area contributed by atoms with Gasteiger partial charge in [-0.2, -0.15) is 0 Å². The predicted molar refractivity (Wildman–Crippen MR) is 520 cm³/mol. The molecule has 11 N–H and O–H groups in total. The number of carboxylic acids is 1. The summed E-state index contributed by atoms with van der Waals surface area (Å²) in [7, 11) is 17.3. The summed E-state index contributed by atoms with van der Waals surface area (Å²) >= 11 is 0. The topological polar surface area (TPSA) is 538 Å². The maximum absolute atomic E-state index is 14.5. The maximum atomic E-state index is 14.5. The normalized spacial score (nSPS) is 16.1. The fraction of sp³-hybridized carbons (Fsp3) is 0.760. The Morgan fingerprint density at radius 3 is 1.45 bits per heavy atom. The summed E-state index contributed by atoms with van der Waals surface area (Å²) in [5.41, 5.74) is 0.802. The van der Waals surface area contributed by atoms with Gasteiger partial charge < -0.3 is 133 Å². The Bertz CT molecular complexity index is 3650. The number of amides is 7. The SMILES string of the molecule is CCC(CO)OC(CO)OC.CCC(CO)OC(COC(=O)CCCC(=O)NCCSSc1ccccn1)OC.CCC(CO)OC(COC(=O)CCCC(=O)N[C@H](C)C(=O)OCCCNC(=O)[C@H](Cc1ccccc1)NC(=O)[C@H](C)[C@@H](OC)[C@@H]1CCCN1C(=O)C[C@@H](OC)[C@H]([C@@H](C)CC)N(C)C(=O)[C@@H](NC(=O)[C@H](C(C)C)N(C)C)C(C)C)OC.CCC(CO)OC(COC(=O)CCCC(=O)O)OC. The Balaban J connectivity index is 0.00000257. The van der Waals surface area contributed by atoms with Crippen molar-refractivity contribution in [3.8, 4) is 0 Å². The fourth-order valence-corrected chi connectivity index (χ4v) is 15.9. The third-order valence-electron chi connectivity index (χ3n) is 22.4. The Labute approximate surface area is 830 Å². The molecule has 1 aliphatic heterocycles. The molecule has 7 amide bonds. The number of likely N-dealkylation sites (tertiary alicyclic amines) is 1. The molecule has 0 bridgehead atoms. The Kier molecular flexibility index (Phi) is 74.1. The third kappa shape index (κ3) is 56.1. The molecule has 41 nitrogen and oxygen atoms in total. The van der Waals surface area contributed by atoms with E-state index in [4.69, 9.17) is 91.8 Å². The number of benzene rings is 1. The van der Waals surface area contributed by atoms with Gasteiger partial charge in [0, 0.05) is 126 Å². The van der Waals surface area contributed by atoms with Gasteiger partial charge in [-0.25, -0.2) is 9.78 Å². The van der Waals surface area contributed by atoms with E-state index in [1.165, 1.54) is 49.6 Å². The average Bonchev–Trinajstić information content (AvgIpc) is 1.62. The van der Waals surface area contributed by atoms with Crippen LogP contribution in [0.5, 0.6) is 0 Å². The van der Waals surface area contributed by atoms with E-state index in [9.17, 15) is 62.6 Å². The van der Waals surface area contributed by atoms with Crippen LogP contribution in [0.1, 0.15) is 204 Å². The van der Waals surface area contributed by atoms with Crippen molar-refractivity contribution < 1.29 is 154 Å². The van der Waals surface area contributed by atoms with E-state index < -0.39 is 133 Å². The van der Waals surface area contributed by atoms with Gasteiger partial charge in [-0.3, -0.25) is 57.6 Å². The molecule has 0 saturated carbocycles. The van der Waals surface area contributed by atoms with E-state index in [0.717, 1.165) is 16.3 Å². The first kappa shape index (κ1) is 131. The molecule has 1 fully saturated rings. The minimum Gasteiger partial charge on any atom is -0.481 e. The first-order valence-corrected chi connectivity index (χ1v) is 50.2. The van der Waals surface area contributed by atoms with Crippen molar-refractivity contribution in [3.63, 3.8) is 0 Å². The standard InChI is InChI=1S/C58H99N7O15.C19H30N2O6S2.C12H22O7.C7H16O4/c1-16-38(7)52(64(12)57(73)50(36(3)4)62-56(72)51(37(5)6)63(10)11)45(75-13)33-47(68)65-30-22-26-44(65)53(77-15)39(8)54(70)61-43(32-41-24-19-18-20-25-41)55(71)59-29-23-31-78-58(74)40(9)60-46(67)27-21-28-48(69)79-35-49(76-14)80-42(17-2)34-66;1-3-15(13-22)27-19(25-2)14-26-18(24)9-6-7-16(23)20-11-12-28-29-17-8-4-5-10-21-17;1-3-9(7-13)19-12(17-2)8-18-11(16)6-4-5-10(14)15;1-3-6(4-8)11-7(5-9)10-2/h18-20,24-25,36-40,42-45,49-53,66H,16-17,21-23,26-35H2,1-15H3,(H,59,71)(H,60,67)(H,61,70)(H,62,72);4-5,8,10,15,19,22H,3,6-7,9,11-14H2,1-2H3,(H,20,23);9,12-13H,3-8H2,1-2H3,(H,14,15);6-9H,3-5H2,1-2H3/t38-,39+,40+,42?,43-,44-,45+,49?,50-,51-,52-,53+;;;/m0.../s1. The van der Waals surface area contributed by atoms with E-state index in [0.29, 0.717) is 64.5 Å². The van der Waals surface area contributed by atoms with Crippen LogP contribution in [-0.4, -0.2) is 368 Å². The molecular weight excluding hydrogens is 1860 g/mol. The van der Waals surface area contributed by atoms with Crippen LogP contribution in [0.2, 0.25) is 0 Å². The van der Waals surface area contributed by atoms with Crippen LogP contribution < -0.4 is 26.6 Å². The third-order valence-corrected chi connectivity index (χ3v) is 24.7. The predicted octanol–water partition coefficient (Wildman–Crippen LogP) is 6.08. The second-order valence-corrected chi connectivity index (χ2v) is 36.4. The summed E-state index contributed by atoms with van der Waals surface area (Å²) in [5.74, 6) is -5.66. The van der Waals surface area contributed by atoms with Crippen molar-refractivity contribution in [1.82, 2.24) is 46.3 Å². The van der Waals surface area contributed by atoms with E-state index in [2.05, 4.69) is 31.6 Å². The van der Waals surface area contributed by atoms with Gasteiger partial charge in [-0.15, -0.1) is 0 Å². The van der Waals surface area contributed by atoms with E-state index in [1.54, 1.807) is 51.6 Å². The van der Waals surface area contributed by atoms with Gasteiger partial charge in [0.15, 0.2) is 25.2 Å². The molecule has 43 heteroatoms. The van der Waals surface area contributed by atoms with Crippen LogP contribution >= 0.6 is 21.6 Å².